The topological polar surface area (TPSA) is 92.9 Å². The fourth-order valence-electron chi connectivity index (χ4n) is 1.41. The molecule has 0 saturated carbocycles. The van der Waals surface area contributed by atoms with Crippen LogP contribution in [0.15, 0.2) is 42.9 Å². The second-order valence-electron chi connectivity index (χ2n) is 3.61. The molecule has 6 nitrogen and oxygen atoms in total. The molecule has 1 aromatic heterocycles. The van der Waals surface area contributed by atoms with Crippen LogP contribution >= 0.6 is 0 Å². The third-order valence-corrected chi connectivity index (χ3v) is 2.39. The molecular formula is C12H13N5O. The Morgan fingerprint density at radius 1 is 1.22 bits per heavy atom. The number of nitrogen functional groups attached to an aromatic ring is 1. The molecule has 1 aromatic carbocycles. The first-order valence-electron chi connectivity index (χ1n) is 5.39. The molecule has 2 rings (SSSR count). The predicted molar refractivity (Wildman–Crippen MR) is 67.5 cm³/mol. The minimum absolute atomic E-state index is 0.155. The van der Waals surface area contributed by atoms with Gasteiger partial charge in [-0.1, -0.05) is 0 Å². The van der Waals surface area contributed by atoms with Crippen LogP contribution in [0.25, 0.3) is 0 Å². The maximum Gasteiger partial charge on any atom is 0.251 e. The Morgan fingerprint density at radius 2 is 2.00 bits per heavy atom. The summed E-state index contributed by atoms with van der Waals surface area (Å²) in [5.41, 5.74) is 4.59. The van der Waals surface area contributed by atoms with E-state index in [0.29, 0.717) is 12.1 Å². The van der Waals surface area contributed by atoms with Crippen LogP contribution in [0.1, 0.15) is 16.1 Å². The van der Waals surface area contributed by atoms with E-state index in [1.807, 2.05) is 0 Å². The SMILES string of the molecule is NNc1ccc(C(=O)NCc2ccncn2)cc1. The second-order valence-corrected chi connectivity index (χ2v) is 3.61. The summed E-state index contributed by atoms with van der Waals surface area (Å²) < 4.78 is 0. The van der Waals surface area contributed by atoms with Crippen molar-refractivity contribution in [3.8, 4) is 0 Å². The van der Waals surface area contributed by atoms with Crippen molar-refractivity contribution in [2.75, 3.05) is 5.43 Å². The molecule has 0 radical (unpaired) electrons. The summed E-state index contributed by atoms with van der Waals surface area (Å²) in [6.45, 7) is 0.373. The number of nitrogens with zero attached hydrogens (tertiary/aromatic N) is 2. The maximum absolute atomic E-state index is 11.8. The predicted octanol–water partition coefficient (Wildman–Crippen LogP) is 0.692. The number of anilines is 1. The van der Waals surface area contributed by atoms with Gasteiger partial charge in [-0.2, -0.15) is 0 Å². The molecule has 1 amide bonds. The van der Waals surface area contributed by atoms with E-state index in [-0.39, 0.29) is 5.91 Å². The van der Waals surface area contributed by atoms with Gasteiger partial charge in [0.05, 0.1) is 12.2 Å². The summed E-state index contributed by atoms with van der Waals surface area (Å²) in [5.74, 6) is 5.09. The van der Waals surface area contributed by atoms with Crippen LogP contribution in [0.3, 0.4) is 0 Å². The van der Waals surface area contributed by atoms with Crippen molar-refractivity contribution in [1.82, 2.24) is 15.3 Å². The first-order chi connectivity index (χ1) is 8.79. The molecular weight excluding hydrogens is 230 g/mol. The summed E-state index contributed by atoms with van der Waals surface area (Å²) >= 11 is 0. The van der Waals surface area contributed by atoms with Crippen molar-refractivity contribution < 1.29 is 4.79 Å². The number of hydrazine groups is 1. The van der Waals surface area contributed by atoms with Crippen LogP contribution in [-0.4, -0.2) is 15.9 Å². The van der Waals surface area contributed by atoms with E-state index in [0.717, 1.165) is 11.4 Å². The minimum Gasteiger partial charge on any atom is -0.346 e. The Balaban J connectivity index is 1.95. The van der Waals surface area contributed by atoms with Crippen LogP contribution in [0.2, 0.25) is 0 Å². The first-order valence-corrected chi connectivity index (χ1v) is 5.39. The highest BCUT2D eigenvalue weighted by Crippen LogP contribution is 2.07. The molecule has 2 aromatic rings. The Kier molecular flexibility index (Phi) is 3.83. The first kappa shape index (κ1) is 12.0. The highest BCUT2D eigenvalue weighted by atomic mass is 16.1. The van der Waals surface area contributed by atoms with Gasteiger partial charge in [0, 0.05) is 17.4 Å². The van der Waals surface area contributed by atoms with Crippen LogP contribution in [0, 0.1) is 0 Å². The molecule has 0 bridgehead atoms. The van der Waals surface area contributed by atoms with Crippen molar-refractivity contribution in [3.05, 3.63) is 54.1 Å². The fraction of sp³-hybridized carbons (Fsp3) is 0.0833. The average molecular weight is 243 g/mol. The lowest BCUT2D eigenvalue weighted by molar-refractivity contribution is 0.0950. The van der Waals surface area contributed by atoms with Crippen LogP contribution in [-0.2, 0) is 6.54 Å². The summed E-state index contributed by atoms with van der Waals surface area (Å²) in [7, 11) is 0. The Morgan fingerprint density at radius 3 is 2.61 bits per heavy atom. The highest BCUT2D eigenvalue weighted by Gasteiger charge is 2.05. The zero-order chi connectivity index (χ0) is 12.8. The number of nitrogens with two attached hydrogens (primary N) is 1. The van der Waals surface area contributed by atoms with Gasteiger partial charge >= 0.3 is 0 Å². The molecule has 92 valence electrons. The van der Waals surface area contributed by atoms with Gasteiger partial charge in [-0.15, -0.1) is 0 Å². The van der Waals surface area contributed by atoms with Gasteiger partial charge in [0.1, 0.15) is 6.33 Å². The lowest BCUT2D eigenvalue weighted by atomic mass is 10.2. The number of benzene rings is 1. The molecule has 0 aliphatic rings. The van der Waals surface area contributed by atoms with Crippen LogP contribution in [0.5, 0.6) is 0 Å². The van der Waals surface area contributed by atoms with Gasteiger partial charge in [0.2, 0.25) is 0 Å². The lowest BCUT2D eigenvalue weighted by Crippen LogP contribution is -2.23. The lowest BCUT2D eigenvalue weighted by Gasteiger charge is -2.05. The van der Waals surface area contributed by atoms with Crippen molar-refractivity contribution >= 4 is 11.6 Å². The number of rotatable bonds is 4. The normalized spacial score (nSPS) is 9.83. The molecule has 0 fully saturated rings. The summed E-state index contributed by atoms with van der Waals surface area (Å²) in [6, 6.07) is 8.62. The second kappa shape index (κ2) is 5.74. The van der Waals surface area contributed by atoms with E-state index in [1.165, 1.54) is 6.33 Å². The van der Waals surface area contributed by atoms with Gasteiger partial charge < -0.3 is 10.7 Å². The fourth-order valence-corrected chi connectivity index (χ4v) is 1.41. The Labute approximate surface area is 104 Å². The number of hydrogen-bond donors (Lipinski definition) is 3. The van der Waals surface area contributed by atoms with E-state index in [2.05, 4.69) is 20.7 Å². The Hall–Kier alpha value is -2.47. The van der Waals surface area contributed by atoms with E-state index in [1.54, 1.807) is 36.5 Å². The zero-order valence-electron chi connectivity index (χ0n) is 9.63. The van der Waals surface area contributed by atoms with Gasteiger partial charge in [0.25, 0.3) is 5.91 Å². The highest BCUT2D eigenvalue weighted by molar-refractivity contribution is 5.94. The zero-order valence-corrected chi connectivity index (χ0v) is 9.63. The smallest absolute Gasteiger partial charge is 0.251 e. The van der Waals surface area contributed by atoms with Gasteiger partial charge in [0.15, 0.2) is 0 Å². The largest absolute Gasteiger partial charge is 0.346 e. The van der Waals surface area contributed by atoms with Gasteiger partial charge in [-0.3, -0.25) is 10.6 Å². The van der Waals surface area contributed by atoms with Gasteiger partial charge in [-0.25, -0.2) is 9.97 Å². The molecule has 0 aliphatic heterocycles. The summed E-state index contributed by atoms with van der Waals surface area (Å²) in [4.78, 5) is 19.6. The molecule has 4 N–H and O–H groups in total. The van der Waals surface area contributed by atoms with Crippen molar-refractivity contribution in [1.29, 1.82) is 0 Å². The monoisotopic (exact) mass is 243 g/mol. The van der Waals surface area contributed by atoms with Crippen molar-refractivity contribution in [2.24, 2.45) is 5.84 Å². The molecule has 0 spiro atoms. The van der Waals surface area contributed by atoms with E-state index >= 15 is 0 Å². The minimum atomic E-state index is -0.155. The number of carbonyl (C=O) groups is 1. The van der Waals surface area contributed by atoms with E-state index < -0.39 is 0 Å². The quantitative estimate of drug-likeness (QED) is 0.542. The molecule has 0 unspecified atom stereocenters. The standard InChI is InChI=1S/C12H13N5O/c13-17-10-3-1-9(2-4-10)12(18)15-7-11-5-6-14-8-16-11/h1-6,8,17H,7,13H2,(H,15,18). The molecule has 0 saturated heterocycles. The average Bonchev–Trinajstić information content (AvgIpc) is 2.46. The van der Waals surface area contributed by atoms with Crippen molar-refractivity contribution in [2.45, 2.75) is 6.54 Å². The third kappa shape index (κ3) is 3.02. The molecule has 1 heterocycles. The number of hydrogen-bond acceptors (Lipinski definition) is 5. The van der Waals surface area contributed by atoms with E-state index in [9.17, 15) is 4.79 Å². The Bertz CT molecular complexity index is 512. The third-order valence-electron chi connectivity index (χ3n) is 2.39. The maximum atomic E-state index is 11.8. The number of nitrogens with one attached hydrogen (secondary N) is 2. The van der Waals surface area contributed by atoms with E-state index in [4.69, 9.17) is 5.84 Å². The molecule has 0 aliphatic carbocycles. The van der Waals surface area contributed by atoms with Crippen LogP contribution < -0.4 is 16.6 Å². The van der Waals surface area contributed by atoms with Gasteiger partial charge in [-0.05, 0) is 30.3 Å². The van der Waals surface area contributed by atoms with Crippen LogP contribution in [0.4, 0.5) is 5.69 Å². The summed E-state index contributed by atoms with van der Waals surface area (Å²) in [5, 5.41) is 2.77. The van der Waals surface area contributed by atoms with Crippen molar-refractivity contribution in [3.63, 3.8) is 0 Å². The molecule has 6 heteroatoms. The molecule has 18 heavy (non-hydrogen) atoms. The summed E-state index contributed by atoms with van der Waals surface area (Å²) in [6.07, 6.45) is 3.08. The number of carbonyl (C=O) groups excluding carboxylic acids is 1. The number of amides is 1. The molecule has 0 atom stereocenters. The number of aromatic nitrogens is 2.